The zero-order valence-electron chi connectivity index (χ0n) is 9.89. The van der Waals surface area contributed by atoms with Crippen molar-refractivity contribution in [2.75, 3.05) is 25.1 Å². The van der Waals surface area contributed by atoms with Crippen molar-refractivity contribution in [2.24, 2.45) is 11.7 Å². The van der Waals surface area contributed by atoms with Gasteiger partial charge in [-0.2, -0.15) is 0 Å². The van der Waals surface area contributed by atoms with Crippen LogP contribution in [0.25, 0.3) is 0 Å². The summed E-state index contributed by atoms with van der Waals surface area (Å²) in [5.74, 6) is 1.27. The lowest BCUT2D eigenvalue weighted by Crippen LogP contribution is -2.27. The minimum atomic E-state index is 0.542. The quantitative estimate of drug-likeness (QED) is 0.835. The van der Waals surface area contributed by atoms with Crippen LogP contribution in [-0.2, 0) is 0 Å². The van der Waals surface area contributed by atoms with E-state index in [-0.39, 0.29) is 0 Å². The van der Waals surface area contributed by atoms with Crippen molar-refractivity contribution in [3.05, 3.63) is 18.3 Å². The van der Waals surface area contributed by atoms with E-state index in [4.69, 9.17) is 10.5 Å². The maximum absolute atomic E-state index is 5.73. The molecule has 0 radical (unpaired) electrons. The first kappa shape index (κ1) is 11.2. The summed E-state index contributed by atoms with van der Waals surface area (Å²) in [6.07, 6.45) is 2.96. The van der Waals surface area contributed by atoms with E-state index in [2.05, 4.69) is 16.8 Å². The second-order valence-electron chi connectivity index (χ2n) is 4.40. The Labute approximate surface area is 96.4 Å². The molecule has 1 aromatic rings. The second-order valence-corrected chi connectivity index (χ2v) is 4.40. The molecule has 4 heteroatoms. The first-order chi connectivity index (χ1) is 7.74. The molecular formula is C12H19N3O. The van der Waals surface area contributed by atoms with E-state index in [1.165, 1.54) is 12.1 Å². The molecule has 2 heterocycles. The third-order valence-electron chi connectivity index (χ3n) is 3.25. The summed E-state index contributed by atoms with van der Waals surface area (Å²) in [4.78, 5) is 6.50. The molecule has 0 saturated carbocycles. The van der Waals surface area contributed by atoms with Crippen LogP contribution in [0.5, 0.6) is 5.88 Å². The highest BCUT2D eigenvalue weighted by molar-refractivity contribution is 5.50. The molecule has 1 fully saturated rings. The number of hydrogen-bond acceptors (Lipinski definition) is 4. The lowest BCUT2D eigenvalue weighted by atomic mass is 10.1. The maximum Gasteiger partial charge on any atom is 0.214 e. The minimum Gasteiger partial charge on any atom is -0.481 e. The lowest BCUT2D eigenvalue weighted by molar-refractivity contribution is 0.398. The molecule has 1 aromatic heterocycles. The summed E-state index contributed by atoms with van der Waals surface area (Å²) in [5.41, 5.74) is 6.90. The van der Waals surface area contributed by atoms with Crippen molar-refractivity contribution in [2.45, 2.75) is 19.4 Å². The molecular weight excluding hydrogens is 202 g/mol. The standard InChI is InChI=1S/C12H19N3O/c1-9-5-10(7-13)8-15(9)11-3-4-14-12(6-11)16-2/h3-4,6,9-10H,5,7-8,13H2,1-2H3. The first-order valence-electron chi connectivity index (χ1n) is 5.71. The molecule has 0 bridgehead atoms. The highest BCUT2D eigenvalue weighted by Crippen LogP contribution is 2.29. The molecule has 1 saturated heterocycles. The van der Waals surface area contributed by atoms with Gasteiger partial charge in [-0.25, -0.2) is 4.98 Å². The number of ether oxygens (including phenoxy) is 1. The van der Waals surface area contributed by atoms with Crippen LogP contribution < -0.4 is 15.4 Å². The topological polar surface area (TPSA) is 51.4 Å². The first-order valence-corrected chi connectivity index (χ1v) is 5.71. The van der Waals surface area contributed by atoms with Crippen LogP contribution in [0.4, 0.5) is 5.69 Å². The van der Waals surface area contributed by atoms with Gasteiger partial charge in [-0.1, -0.05) is 0 Å². The molecule has 4 nitrogen and oxygen atoms in total. The van der Waals surface area contributed by atoms with E-state index in [0.29, 0.717) is 17.8 Å². The Morgan fingerprint density at radius 2 is 2.44 bits per heavy atom. The van der Waals surface area contributed by atoms with E-state index in [0.717, 1.165) is 13.1 Å². The highest BCUT2D eigenvalue weighted by atomic mass is 16.5. The number of aromatic nitrogens is 1. The number of rotatable bonds is 3. The van der Waals surface area contributed by atoms with Crippen LogP contribution >= 0.6 is 0 Å². The van der Waals surface area contributed by atoms with Crippen LogP contribution in [0.3, 0.4) is 0 Å². The van der Waals surface area contributed by atoms with Crippen LogP contribution in [0.15, 0.2) is 18.3 Å². The fourth-order valence-corrected chi connectivity index (χ4v) is 2.36. The number of pyridine rings is 1. The number of anilines is 1. The molecule has 1 aliphatic rings. The zero-order valence-corrected chi connectivity index (χ0v) is 9.89. The molecule has 0 spiro atoms. The third kappa shape index (κ3) is 2.11. The average molecular weight is 221 g/mol. The molecule has 0 aromatic carbocycles. The molecule has 1 aliphatic heterocycles. The molecule has 88 valence electrons. The largest absolute Gasteiger partial charge is 0.481 e. The van der Waals surface area contributed by atoms with E-state index >= 15 is 0 Å². The van der Waals surface area contributed by atoms with Gasteiger partial charge in [-0.05, 0) is 31.9 Å². The van der Waals surface area contributed by atoms with Crippen molar-refractivity contribution in [1.82, 2.24) is 4.98 Å². The van der Waals surface area contributed by atoms with Crippen molar-refractivity contribution in [3.8, 4) is 5.88 Å². The van der Waals surface area contributed by atoms with Crippen LogP contribution in [0.2, 0.25) is 0 Å². The summed E-state index contributed by atoms with van der Waals surface area (Å²) < 4.78 is 5.14. The van der Waals surface area contributed by atoms with Gasteiger partial charge in [0.25, 0.3) is 0 Å². The normalized spacial score (nSPS) is 24.8. The SMILES string of the molecule is COc1cc(N2CC(CN)CC2C)ccn1. The molecule has 2 atom stereocenters. The van der Waals surface area contributed by atoms with Gasteiger partial charge < -0.3 is 15.4 Å². The molecule has 2 rings (SSSR count). The van der Waals surface area contributed by atoms with Crippen LogP contribution in [-0.4, -0.2) is 31.2 Å². The van der Waals surface area contributed by atoms with Crippen LogP contribution in [0, 0.1) is 5.92 Å². The Hall–Kier alpha value is -1.29. The van der Waals surface area contributed by atoms with Gasteiger partial charge in [0.2, 0.25) is 5.88 Å². The molecule has 2 unspecified atom stereocenters. The number of nitrogens with two attached hydrogens (primary N) is 1. The van der Waals surface area contributed by atoms with Gasteiger partial charge in [-0.15, -0.1) is 0 Å². The van der Waals surface area contributed by atoms with Crippen molar-refractivity contribution in [1.29, 1.82) is 0 Å². The Morgan fingerprint density at radius 3 is 3.06 bits per heavy atom. The maximum atomic E-state index is 5.73. The van der Waals surface area contributed by atoms with E-state index in [1.54, 1.807) is 13.3 Å². The van der Waals surface area contributed by atoms with E-state index < -0.39 is 0 Å². The van der Waals surface area contributed by atoms with Crippen molar-refractivity contribution < 1.29 is 4.74 Å². The monoisotopic (exact) mass is 221 g/mol. The van der Waals surface area contributed by atoms with Crippen LogP contribution in [0.1, 0.15) is 13.3 Å². The Balaban J connectivity index is 2.17. The summed E-state index contributed by atoms with van der Waals surface area (Å²) in [6.45, 7) is 4.04. The fourth-order valence-electron chi connectivity index (χ4n) is 2.36. The molecule has 2 N–H and O–H groups in total. The third-order valence-corrected chi connectivity index (χ3v) is 3.25. The van der Waals surface area contributed by atoms with Crippen molar-refractivity contribution >= 4 is 5.69 Å². The van der Waals surface area contributed by atoms with Gasteiger partial charge in [0.05, 0.1) is 7.11 Å². The number of methoxy groups -OCH3 is 1. The van der Waals surface area contributed by atoms with Gasteiger partial charge >= 0.3 is 0 Å². The van der Waals surface area contributed by atoms with E-state index in [1.807, 2.05) is 12.1 Å². The minimum absolute atomic E-state index is 0.542. The van der Waals surface area contributed by atoms with Gasteiger partial charge in [0.1, 0.15) is 0 Å². The predicted molar refractivity (Wildman–Crippen MR) is 64.8 cm³/mol. The molecule has 0 amide bonds. The number of nitrogens with zero attached hydrogens (tertiary/aromatic N) is 2. The second kappa shape index (κ2) is 4.70. The van der Waals surface area contributed by atoms with Gasteiger partial charge in [0, 0.05) is 30.5 Å². The summed E-state index contributed by atoms with van der Waals surface area (Å²) >= 11 is 0. The Kier molecular flexibility index (Phi) is 3.29. The Morgan fingerprint density at radius 1 is 1.62 bits per heavy atom. The van der Waals surface area contributed by atoms with Gasteiger partial charge in [-0.3, -0.25) is 0 Å². The smallest absolute Gasteiger partial charge is 0.214 e. The summed E-state index contributed by atoms with van der Waals surface area (Å²) in [6, 6.07) is 4.55. The summed E-state index contributed by atoms with van der Waals surface area (Å²) in [5, 5.41) is 0. The molecule has 16 heavy (non-hydrogen) atoms. The van der Waals surface area contributed by atoms with E-state index in [9.17, 15) is 0 Å². The average Bonchev–Trinajstić information content (AvgIpc) is 2.71. The highest BCUT2D eigenvalue weighted by Gasteiger charge is 2.28. The van der Waals surface area contributed by atoms with Crippen molar-refractivity contribution in [3.63, 3.8) is 0 Å². The molecule has 0 aliphatic carbocycles. The van der Waals surface area contributed by atoms with Gasteiger partial charge in [0.15, 0.2) is 0 Å². The Bertz CT molecular complexity index is 356. The number of hydrogen-bond donors (Lipinski definition) is 1. The lowest BCUT2D eigenvalue weighted by Gasteiger charge is -2.23. The zero-order chi connectivity index (χ0) is 11.5. The summed E-state index contributed by atoms with van der Waals surface area (Å²) in [7, 11) is 1.64. The predicted octanol–water partition coefficient (Wildman–Crippen LogP) is 1.26. The fraction of sp³-hybridized carbons (Fsp3) is 0.583.